The molecule has 1 aromatic rings. The maximum atomic E-state index is 12.6. The van der Waals surface area contributed by atoms with Gasteiger partial charge in [-0.3, -0.25) is 4.79 Å². The summed E-state index contributed by atoms with van der Waals surface area (Å²) < 4.78 is 12.6. The average molecular weight is 224 g/mol. The van der Waals surface area contributed by atoms with Crippen molar-refractivity contribution < 1.29 is 9.18 Å². The minimum atomic E-state index is -0.305. The molecule has 3 nitrogen and oxygen atoms in total. The first kappa shape index (κ1) is 12.6. The predicted octanol–water partition coefficient (Wildman–Crippen LogP) is 2.01. The third-order valence-electron chi connectivity index (χ3n) is 2.43. The van der Waals surface area contributed by atoms with E-state index in [0.717, 1.165) is 6.42 Å². The van der Waals surface area contributed by atoms with Crippen LogP contribution in [0.15, 0.2) is 24.3 Å². The summed E-state index contributed by atoms with van der Waals surface area (Å²) in [5, 5.41) is 5.73. The van der Waals surface area contributed by atoms with Gasteiger partial charge in [-0.25, -0.2) is 4.39 Å². The Bertz CT molecular complexity index is 337. The number of hydrogen-bond acceptors (Lipinski definition) is 2. The zero-order valence-corrected chi connectivity index (χ0v) is 9.59. The minimum absolute atomic E-state index is 0.0385. The first-order valence-corrected chi connectivity index (χ1v) is 5.38. The maximum absolute atomic E-state index is 12.6. The van der Waals surface area contributed by atoms with Crippen molar-refractivity contribution in [2.75, 3.05) is 18.9 Å². The Labute approximate surface area is 95.0 Å². The van der Waals surface area contributed by atoms with Gasteiger partial charge in [0.05, 0.1) is 5.92 Å². The van der Waals surface area contributed by atoms with Crippen LogP contribution in [0.5, 0.6) is 0 Å². The molecule has 0 spiro atoms. The highest BCUT2D eigenvalue weighted by Gasteiger charge is 2.15. The lowest BCUT2D eigenvalue weighted by Gasteiger charge is -2.14. The highest BCUT2D eigenvalue weighted by molar-refractivity contribution is 5.92. The highest BCUT2D eigenvalue weighted by Crippen LogP contribution is 2.11. The second kappa shape index (κ2) is 6.23. The SMILES string of the molecule is CCC(CNC)C(=O)Nc1ccc(F)cc1. The Kier molecular flexibility index (Phi) is 4.92. The monoisotopic (exact) mass is 224 g/mol. The van der Waals surface area contributed by atoms with E-state index in [2.05, 4.69) is 10.6 Å². The molecule has 1 rings (SSSR count). The molecule has 0 heterocycles. The fourth-order valence-electron chi connectivity index (χ4n) is 1.45. The largest absolute Gasteiger partial charge is 0.326 e. The van der Waals surface area contributed by atoms with Crippen LogP contribution in [-0.4, -0.2) is 19.5 Å². The Morgan fingerprint density at radius 3 is 2.50 bits per heavy atom. The maximum Gasteiger partial charge on any atom is 0.228 e. The minimum Gasteiger partial charge on any atom is -0.326 e. The fourth-order valence-corrected chi connectivity index (χ4v) is 1.45. The lowest BCUT2D eigenvalue weighted by molar-refractivity contribution is -0.119. The molecule has 0 saturated heterocycles. The van der Waals surface area contributed by atoms with Crippen LogP contribution in [0.2, 0.25) is 0 Å². The molecule has 1 aromatic carbocycles. The van der Waals surface area contributed by atoms with Gasteiger partial charge in [0.2, 0.25) is 5.91 Å². The summed E-state index contributed by atoms with van der Waals surface area (Å²) >= 11 is 0. The summed E-state index contributed by atoms with van der Waals surface area (Å²) in [5.41, 5.74) is 0.626. The molecular weight excluding hydrogens is 207 g/mol. The number of nitrogens with one attached hydrogen (secondary N) is 2. The average Bonchev–Trinajstić information content (AvgIpc) is 2.29. The molecule has 0 aliphatic rings. The lowest BCUT2D eigenvalue weighted by Crippen LogP contribution is -2.30. The van der Waals surface area contributed by atoms with Gasteiger partial charge in [-0.15, -0.1) is 0 Å². The van der Waals surface area contributed by atoms with Crippen molar-refractivity contribution in [3.8, 4) is 0 Å². The molecule has 0 radical (unpaired) electrons. The molecule has 0 bridgehead atoms. The van der Waals surface area contributed by atoms with Crippen LogP contribution < -0.4 is 10.6 Å². The van der Waals surface area contributed by atoms with E-state index >= 15 is 0 Å². The summed E-state index contributed by atoms with van der Waals surface area (Å²) in [5.74, 6) is -0.404. The Balaban J connectivity index is 2.59. The van der Waals surface area contributed by atoms with Gasteiger partial charge in [0.15, 0.2) is 0 Å². The number of benzene rings is 1. The summed E-state index contributed by atoms with van der Waals surface area (Å²) in [7, 11) is 1.81. The van der Waals surface area contributed by atoms with Gasteiger partial charge in [0.25, 0.3) is 0 Å². The Morgan fingerprint density at radius 2 is 2.00 bits per heavy atom. The number of amides is 1. The van der Waals surface area contributed by atoms with Crippen LogP contribution in [-0.2, 0) is 4.79 Å². The molecule has 4 heteroatoms. The summed E-state index contributed by atoms with van der Waals surface area (Å²) in [4.78, 5) is 11.8. The number of rotatable bonds is 5. The molecule has 0 aliphatic heterocycles. The van der Waals surface area contributed by atoms with Crippen molar-refractivity contribution in [1.82, 2.24) is 5.32 Å². The van der Waals surface area contributed by atoms with Crippen LogP contribution in [0.3, 0.4) is 0 Å². The van der Waals surface area contributed by atoms with Crippen molar-refractivity contribution in [1.29, 1.82) is 0 Å². The van der Waals surface area contributed by atoms with Crippen LogP contribution in [0, 0.1) is 11.7 Å². The van der Waals surface area contributed by atoms with Crippen molar-refractivity contribution in [3.05, 3.63) is 30.1 Å². The van der Waals surface area contributed by atoms with E-state index in [-0.39, 0.29) is 17.6 Å². The molecule has 16 heavy (non-hydrogen) atoms. The Morgan fingerprint density at radius 1 is 1.38 bits per heavy atom. The Hall–Kier alpha value is -1.42. The van der Waals surface area contributed by atoms with Gasteiger partial charge < -0.3 is 10.6 Å². The third kappa shape index (κ3) is 3.62. The number of hydrogen-bond donors (Lipinski definition) is 2. The second-order valence-electron chi connectivity index (χ2n) is 3.66. The van der Waals surface area contributed by atoms with Crippen molar-refractivity contribution >= 4 is 11.6 Å². The first-order valence-electron chi connectivity index (χ1n) is 5.38. The van der Waals surface area contributed by atoms with E-state index in [1.807, 2.05) is 14.0 Å². The van der Waals surface area contributed by atoms with E-state index < -0.39 is 0 Å². The summed E-state index contributed by atoms with van der Waals surface area (Å²) in [6.07, 6.45) is 0.772. The van der Waals surface area contributed by atoms with E-state index in [0.29, 0.717) is 12.2 Å². The van der Waals surface area contributed by atoms with Gasteiger partial charge in [0, 0.05) is 12.2 Å². The topological polar surface area (TPSA) is 41.1 Å². The number of anilines is 1. The molecule has 2 N–H and O–H groups in total. The summed E-state index contributed by atoms with van der Waals surface area (Å²) in [6.45, 7) is 2.61. The molecule has 1 amide bonds. The quantitative estimate of drug-likeness (QED) is 0.803. The molecule has 0 aromatic heterocycles. The fraction of sp³-hybridized carbons (Fsp3) is 0.417. The molecule has 0 saturated carbocycles. The number of carbonyl (C=O) groups excluding carboxylic acids is 1. The molecule has 1 atom stereocenters. The van der Waals surface area contributed by atoms with Crippen molar-refractivity contribution in [2.45, 2.75) is 13.3 Å². The molecule has 0 fully saturated rings. The summed E-state index contributed by atoms with van der Waals surface area (Å²) in [6, 6.07) is 5.77. The predicted molar refractivity (Wildman–Crippen MR) is 62.7 cm³/mol. The van der Waals surface area contributed by atoms with Gasteiger partial charge >= 0.3 is 0 Å². The number of halogens is 1. The molecule has 1 unspecified atom stereocenters. The zero-order chi connectivity index (χ0) is 12.0. The van der Waals surface area contributed by atoms with Crippen LogP contribution in [0.4, 0.5) is 10.1 Å². The third-order valence-corrected chi connectivity index (χ3v) is 2.43. The van der Waals surface area contributed by atoms with Gasteiger partial charge in [0.1, 0.15) is 5.82 Å². The molecule has 0 aliphatic carbocycles. The van der Waals surface area contributed by atoms with Crippen molar-refractivity contribution in [2.24, 2.45) is 5.92 Å². The normalized spacial score (nSPS) is 12.2. The smallest absolute Gasteiger partial charge is 0.228 e. The van der Waals surface area contributed by atoms with Crippen LogP contribution in [0.1, 0.15) is 13.3 Å². The first-order chi connectivity index (χ1) is 7.67. The van der Waals surface area contributed by atoms with E-state index in [9.17, 15) is 9.18 Å². The number of carbonyl (C=O) groups is 1. The lowest BCUT2D eigenvalue weighted by atomic mass is 10.1. The van der Waals surface area contributed by atoms with Gasteiger partial charge in [-0.1, -0.05) is 6.92 Å². The van der Waals surface area contributed by atoms with Crippen LogP contribution >= 0.6 is 0 Å². The standard InChI is InChI=1S/C12H17FN2O/c1-3-9(8-14-2)12(16)15-11-6-4-10(13)5-7-11/h4-7,9,14H,3,8H2,1-2H3,(H,15,16). The van der Waals surface area contributed by atoms with Crippen molar-refractivity contribution in [3.63, 3.8) is 0 Å². The van der Waals surface area contributed by atoms with E-state index in [1.54, 1.807) is 12.1 Å². The highest BCUT2D eigenvalue weighted by atomic mass is 19.1. The molecular formula is C12H17FN2O. The zero-order valence-electron chi connectivity index (χ0n) is 9.59. The molecule has 88 valence electrons. The van der Waals surface area contributed by atoms with Gasteiger partial charge in [-0.05, 0) is 37.7 Å². The van der Waals surface area contributed by atoms with Crippen LogP contribution in [0.25, 0.3) is 0 Å². The van der Waals surface area contributed by atoms with Gasteiger partial charge in [-0.2, -0.15) is 0 Å². The van der Waals surface area contributed by atoms with E-state index in [4.69, 9.17) is 0 Å². The second-order valence-corrected chi connectivity index (χ2v) is 3.66. The van der Waals surface area contributed by atoms with E-state index in [1.165, 1.54) is 12.1 Å².